The van der Waals surface area contributed by atoms with Crippen LogP contribution in [0.3, 0.4) is 0 Å². The summed E-state index contributed by atoms with van der Waals surface area (Å²) in [5.74, 6) is -0.397. The molecular formula is C12H11ClN2O2. The first-order valence-electron chi connectivity index (χ1n) is 5.09. The Hall–Kier alpha value is -1.81. The number of nitrogens with zero attached hydrogens (tertiary/aromatic N) is 2. The number of aliphatic carboxylic acids is 1. The lowest BCUT2D eigenvalue weighted by Gasteiger charge is -2.04. The molecule has 0 saturated heterocycles. The molecule has 1 aromatic heterocycles. The van der Waals surface area contributed by atoms with Gasteiger partial charge in [-0.25, -0.2) is 4.98 Å². The highest BCUT2D eigenvalue weighted by Crippen LogP contribution is 2.21. The number of carboxylic acids is 1. The van der Waals surface area contributed by atoms with Crippen LogP contribution in [0, 0.1) is 0 Å². The lowest BCUT2D eigenvalue weighted by molar-refractivity contribution is -0.136. The molecule has 5 heteroatoms. The van der Waals surface area contributed by atoms with E-state index in [-0.39, 0.29) is 6.42 Å². The summed E-state index contributed by atoms with van der Waals surface area (Å²) in [5.41, 5.74) is 1.57. The van der Waals surface area contributed by atoms with E-state index >= 15 is 0 Å². The van der Waals surface area contributed by atoms with Crippen molar-refractivity contribution in [1.29, 1.82) is 0 Å². The number of hydrogen-bond acceptors (Lipinski definition) is 2. The van der Waals surface area contributed by atoms with Crippen LogP contribution in [0.15, 0.2) is 30.9 Å². The highest BCUT2D eigenvalue weighted by atomic mass is 35.5. The minimum Gasteiger partial charge on any atom is -0.481 e. The van der Waals surface area contributed by atoms with Gasteiger partial charge in [-0.15, -0.1) is 6.58 Å². The number of hydrogen-bond donors (Lipinski definition) is 1. The van der Waals surface area contributed by atoms with E-state index in [1.54, 1.807) is 18.2 Å². The monoisotopic (exact) mass is 250 g/mol. The third-order valence-electron chi connectivity index (χ3n) is 2.41. The average molecular weight is 251 g/mol. The molecule has 0 saturated carbocycles. The first kappa shape index (κ1) is 11.7. The van der Waals surface area contributed by atoms with Crippen LogP contribution in [0.2, 0.25) is 5.02 Å². The molecule has 1 aromatic carbocycles. The minimum absolute atomic E-state index is 0.111. The molecule has 1 N–H and O–H groups in total. The van der Waals surface area contributed by atoms with Crippen LogP contribution < -0.4 is 0 Å². The van der Waals surface area contributed by atoms with E-state index in [0.717, 1.165) is 5.52 Å². The molecular weight excluding hydrogens is 240 g/mol. The Kier molecular flexibility index (Phi) is 3.15. The number of fused-ring (bicyclic) bond motifs is 1. The van der Waals surface area contributed by atoms with Gasteiger partial charge >= 0.3 is 5.97 Å². The Labute approximate surface area is 103 Å². The number of imidazole rings is 1. The molecule has 0 bridgehead atoms. The van der Waals surface area contributed by atoms with Gasteiger partial charge in [0.05, 0.1) is 11.0 Å². The first-order chi connectivity index (χ1) is 8.11. The van der Waals surface area contributed by atoms with Crippen molar-refractivity contribution in [3.05, 3.63) is 41.7 Å². The van der Waals surface area contributed by atoms with Gasteiger partial charge in [-0.05, 0) is 18.2 Å². The SMILES string of the molecule is C=CCn1c(CC(=O)O)nc2cc(Cl)ccc21. The van der Waals surface area contributed by atoms with Gasteiger partial charge in [0.15, 0.2) is 0 Å². The first-order valence-corrected chi connectivity index (χ1v) is 5.47. The third-order valence-corrected chi connectivity index (χ3v) is 2.65. The van der Waals surface area contributed by atoms with Crippen molar-refractivity contribution in [3.8, 4) is 0 Å². The molecule has 1 heterocycles. The van der Waals surface area contributed by atoms with Crippen molar-refractivity contribution < 1.29 is 9.90 Å². The average Bonchev–Trinajstić information content (AvgIpc) is 2.55. The smallest absolute Gasteiger partial charge is 0.311 e. The standard InChI is InChI=1S/C12H11ClN2O2/c1-2-5-15-10-4-3-8(13)6-9(10)14-11(15)7-12(16)17/h2-4,6H,1,5,7H2,(H,16,17). The van der Waals surface area contributed by atoms with Crippen molar-refractivity contribution in [2.45, 2.75) is 13.0 Å². The van der Waals surface area contributed by atoms with Gasteiger partial charge < -0.3 is 9.67 Å². The maximum atomic E-state index is 10.8. The van der Waals surface area contributed by atoms with Crippen LogP contribution in [0.1, 0.15) is 5.82 Å². The van der Waals surface area contributed by atoms with Gasteiger partial charge in [0.2, 0.25) is 0 Å². The predicted octanol–water partition coefficient (Wildman–Crippen LogP) is 2.50. The fourth-order valence-corrected chi connectivity index (χ4v) is 1.92. The van der Waals surface area contributed by atoms with E-state index in [1.807, 2.05) is 10.6 Å². The zero-order valence-electron chi connectivity index (χ0n) is 9.06. The van der Waals surface area contributed by atoms with Crippen molar-refractivity contribution in [2.75, 3.05) is 0 Å². The normalized spacial score (nSPS) is 10.6. The highest BCUT2D eigenvalue weighted by Gasteiger charge is 2.12. The van der Waals surface area contributed by atoms with Crippen LogP contribution in [-0.4, -0.2) is 20.6 Å². The van der Waals surface area contributed by atoms with Gasteiger partial charge in [0.1, 0.15) is 12.2 Å². The summed E-state index contributed by atoms with van der Waals surface area (Å²) >= 11 is 5.88. The van der Waals surface area contributed by atoms with Gasteiger partial charge in [-0.1, -0.05) is 17.7 Å². The van der Waals surface area contributed by atoms with E-state index in [4.69, 9.17) is 16.7 Å². The van der Waals surface area contributed by atoms with Crippen LogP contribution in [0.4, 0.5) is 0 Å². The van der Waals surface area contributed by atoms with Crippen LogP contribution in [0.5, 0.6) is 0 Å². The topological polar surface area (TPSA) is 55.1 Å². The number of rotatable bonds is 4. The third kappa shape index (κ3) is 2.31. The summed E-state index contributed by atoms with van der Waals surface area (Å²) in [6, 6.07) is 5.32. The quantitative estimate of drug-likeness (QED) is 0.849. The van der Waals surface area contributed by atoms with Gasteiger partial charge in [0, 0.05) is 11.6 Å². The van der Waals surface area contributed by atoms with Gasteiger partial charge in [0.25, 0.3) is 0 Å². The fraction of sp³-hybridized carbons (Fsp3) is 0.167. The van der Waals surface area contributed by atoms with Crippen molar-refractivity contribution in [1.82, 2.24) is 9.55 Å². The molecule has 0 unspecified atom stereocenters. The van der Waals surface area contributed by atoms with Crippen molar-refractivity contribution in [2.24, 2.45) is 0 Å². The molecule has 0 amide bonds. The largest absolute Gasteiger partial charge is 0.481 e. The van der Waals surface area contributed by atoms with E-state index < -0.39 is 5.97 Å². The van der Waals surface area contributed by atoms with Crippen LogP contribution in [-0.2, 0) is 17.8 Å². The number of benzene rings is 1. The Morgan fingerprint density at radius 1 is 1.59 bits per heavy atom. The maximum Gasteiger partial charge on any atom is 0.311 e. The second-order valence-corrected chi connectivity index (χ2v) is 4.07. The molecule has 0 radical (unpaired) electrons. The lowest BCUT2D eigenvalue weighted by Crippen LogP contribution is -2.08. The molecule has 0 atom stereocenters. The molecule has 4 nitrogen and oxygen atoms in total. The maximum absolute atomic E-state index is 10.8. The summed E-state index contributed by atoms with van der Waals surface area (Å²) in [4.78, 5) is 15.0. The molecule has 0 aliphatic heterocycles. The number of carbonyl (C=O) groups is 1. The molecule has 0 fully saturated rings. The molecule has 2 rings (SSSR count). The van der Waals surface area contributed by atoms with Gasteiger partial charge in [-0.3, -0.25) is 4.79 Å². The lowest BCUT2D eigenvalue weighted by atomic mass is 10.3. The molecule has 2 aromatic rings. The second kappa shape index (κ2) is 4.59. The van der Waals surface area contributed by atoms with E-state index in [0.29, 0.717) is 22.9 Å². The van der Waals surface area contributed by atoms with Crippen molar-refractivity contribution in [3.63, 3.8) is 0 Å². The number of halogens is 1. The summed E-state index contributed by atoms with van der Waals surface area (Å²) in [6.45, 7) is 4.19. The van der Waals surface area contributed by atoms with Crippen LogP contribution in [0.25, 0.3) is 11.0 Å². The van der Waals surface area contributed by atoms with Crippen LogP contribution >= 0.6 is 11.6 Å². The molecule has 0 spiro atoms. The predicted molar refractivity (Wildman–Crippen MR) is 66.3 cm³/mol. The second-order valence-electron chi connectivity index (χ2n) is 3.63. The minimum atomic E-state index is -0.906. The number of allylic oxidation sites excluding steroid dienone is 1. The summed E-state index contributed by atoms with van der Waals surface area (Å²) in [7, 11) is 0. The Balaban J connectivity index is 2.60. The molecule has 0 aliphatic carbocycles. The van der Waals surface area contributed by atoms with E-state index in [9.17, 15) is 4.79 Å². The molecule has 88 valence electrons. The number of aromatic nitrogens is 2. The summed E-state index contributed by atoms with van der Waals surface area (Å²) in [5, 5.41) is 9.42. The van der Waals surface area contributed by atoms with Gasteiger partial charge in [-0.2, -0.15) is 0 Å². The van der Waals surface area contributed by atoms with E-state index in [1.165, 1.54) is 0 Å². The molecule has 0 aliphatic rings. The fourth-order valence-electron chi connectivity index (χ4n) is 1.76. The zero-order valence-corrected chi connectivity index (χ0v) is 9.81. The summed E-state index contributed by atoms with van der Waals surface area (Å²) in [6.07, 6.45) is 1.60. The van der Waals surface area contributed by atoms with Crippen molar-refractivity contribution >= 4 is 28.6 Å². The summed E-state index contributed by atoms with van der Waals surface area (Å²) < 4.78 is 1.83. The number of carboxylic acid groups (broad SMARTS) is 1. The Morgan fingerprint density at radius 3 is 3.00 bits per heavy atom. The highest BCUT2D eigenvalue weighted by molar-refractivity contribution is 6.31. The Bertz CT molecular complexity index is 589. The molecule has 17 heavy (non-hydrogen) atoms. The Morgan fingerprint density at radius 2 is 2.35 bits per heavy atom. The zero-order chi connectivity index (χ0) is 12.4. The van der Waals surface area contributed by atoms with E-state index in [2.05, 4.69) is 11.6 Å².